The number of nitrogens with zero attached hydrogens (tertiary/aromatic N) is 1. The molecule has 22 heavy (non-hydrogen) atoms. The quantitative estimate of drug-likeness (QED) is 0.911. The van der Waals surface area contributed by atoms with Crippen molar-refractivity contribution < 1.29 is 4.79 Å². The number of carbonyl (C=O) groups excluding carboxylic acids is 1. The highest BCUT2D eigenvalue weighted by atomic mass is 16.1. The van der Waals surface area contributed by atoms with Gasteiger partial charge in [-0.05, 0) is 43.2 Å². The number of aromatic nitrogens is 1. The van der Waals surface area contributed by atoms with Crippen molar-refractivity contribution in [3.8, 4) is 0 Å². The number of hydrogen-bond acceptors (Lipinski definition) is 2. The van der Waals surface area contributed by atoms with Crippen LogP contribution in [0.5, 0.6) is 0 Å². The minimum Gasteiger partial charge on any atom is -0.355 e. The average Bonchev–Trinajstić information content (AvgIpc) is 2.90. The molecule has 3 rings (SSSR count). The van der Waals surface area contributed by atoms with Gasteiger partial charge in [-0.25, -0.2) is 0 Å². The van der Waals surface area contributed by atoms with Gasteiger partial charge < -0.3 is 15.6 Å². The van der Waals surface area contributed by atoms with E-state index in [0.717, 1.165) is 25.7 Å². The number of nitrogens with two attached hydrogens (primary N) is 1. The molecule has 4 heteroatoms. The molecule has 1 aromatic heterocycles. The van der Waals surface area contributed by atoms with Crippen LogP contribution in [0.25, 0.3) is 10.9 Å². The third-order valence-electron chi connectivity index (χ3n) is 4.91. The number of para-hydroxylation sites is 1. The lowest BCUT2D eigenvalue weighted by Crippen LogP contribution is -2.35. The maximum atomic E-state index is 12.0. The fourth-order valence-corrected chi connectivity index (χ4v) is 3.70. The molecule has 0 radical (unpaired) electrons. The summed E-state index contributed by atoms with van der Waals surface area (Å²) in [6, 6.07) is 8.58. The van der Waals surface area contributed by atoms with Crippen LogP contribution in [0.3, 0.4) is 0 Å². The number of carbonyl (C=O) groups is 1. The Bertz CT molecular complexity index is 653. The third kappa shape index (κ3) is 2.88. The van der Waals surface area contributed by atoms with Gasteiger partial charge in [0.05, 0.1) is 0 Å². The summed E-state index contributed by atoms with van der Waals surface area (Å²) in [5.41, 5.74) is 8.18. The lowest BCUT2D eigenvalue weighted by Gasteiger charge is -2.27. The van der Waals surface area contributed by atoms with Crippen LogP contribution in [0.4, 0.5) is 0 Å². The lowest BCUT2D eigenvalue weighted by atomic mass is 9.78. The zero-order valence-corrected chi connectivity index (χ0v) is 13.2. The minimum absolute atomic E-state index is 0.165. The first kappa shape index (κ1) is 15.1. The van der Waals surface area contributed by atoms with Crippen LogP contribution in [0.2, 0.25) is 0 Å². The summed E-state index contributed by atoms with van der Waals surface area (Å²) in [5.74, 6) is 0.921. The zero-order chi connectivity index (χ0) is 15.5. The SMILES string of the molecule is Cn1cc(C2CCC(C(=O)NCCN)CC2)c2ccccc21. The van der Waals surface area contributed by atoms with E-state index in [2.05, 4.69) is 47.4 Å². The monoisotopic (exact) mass is 299 g/mol. The van der Waals surface area contributed by atoms with E-state index in [4.69, 9.17) is 5.73 Å². The Balaban J connectivity index is 1.69. The van der Waals surface area contributed by atoms with Gasteiger partial charge in [0.2, 0.25) is 5.91 Å². The van der Waals surface area contributed by atoms with Crippen molar-refractivity contribution in [2.24, 2.45) is 18.7 Å². The standard InChI is InChI=1S/C18H25N3O/c1-21-12-16(15-4-2-3-5-17(15)21)13-6-8-14(9-7-13)18(22)20-11-10-19/h2-5,12-14H,6-11,19H2,1H3,(H,20,22). The molecule has 0 spiro atoms. The van der Waals surface area contributed by atoms with Crippen LogP contribution >= 0.6 is 0 Å². The van der Waals surface area contributed by atoms with Crippen LogP contribution in [0.1, 0.15) is 37.2 Å². The van der Waals surface area contributed by atoms with Gasteiger partial charge in [-0.3, -0.25) is 4.79 Å². The normalized spacial score (nSPS) is 21.9. The Morgan fingerprint density at radius 1 is 1.27 bits per heavy atom. The second-order valence-electron chi connectivity index (χ2n) is 6.34. The highest BCUT2D eigenvalue weighted by Gasteiger charge is 2.28. The number of fused-ring (bicyclic) bond motifs is 1. The summed E-state index contributed by atoms with van der Waals surface area (Å²) in [6.07, 6.45) is 6.40. The highest BCUT2D eigenvalue weighted by molar-refractivity contribution is 5.84. The molecule has 1 amide bonds. The molecular weight excluding hydrogens is 274 g/mol. The van der Waals surface area contributed by atoms with Crippen molar-refractivity contribution in [3.63, 3.8) is 0 Å². The molecule has 0 unspecified atom stereocenters. The molecule has 3 N–H and O–H groups in total. The summed E-state index contributed by atoms with van der Waals surface area (Å²) < 4.78 is 2.21. The second kappa shape index (κ2) is 6.53. The molecule has 1 fully saturated rings. The second-order valence-corrected chi connectivity index (χ2v) is 6.34. The first-order valence-corrected chi connectivity index (χ1v) is 8.22. The van der Waals surface area contributed by atoms with Crippen molar-refractivity contribution in [2.45, 2.75) is 31.6 Å². The fraction of sp³-hybridized carbons (Fsp3) is 0.500. The first-order valence-electron chi connectivity index (χ1n) is 8.22. The van der Waals surface area contributed by atoms with Crippen molar-refractivity contribution in [2.75, 3.05) is 13.1 Å². The topological polar surface area (TPSA) is 60.0 Å². The summed E-state index contributed by atoms with van der Waals surface area (Å²) in [7, 11) is 2.11. The molecular formula is C18H25N3O. The maximum Gasteiger partial charge on any atom is 0.223 e. The molecule has 0 bridgehead atoms. The summed E-state index contributed by atoms with van der Waals surface area (Å²) in [6.45, 7) is 1.10. The lowest BCUT2D eigenvalue weighted by molar-refractivity contribution is -0.125. The largest absolute Gasteiger partial charge is 0.355 e. The Morgan fingerprint density at radius 3 is 2.73 bits per heavy atom. The number of rotatable bonds is 4. The van der Waals surface area contributed by atoms with Crippen LogP contribution in [0.15, 0.2) is 30.5 Å². The molecule has 0 aliphatic heterocycles. The van der Waals surface area contributed by atoms with Gasteiger partial charge in [0.1, 0.15) is 0 Å². The van der Waals surface area contributed by atoms with Crippen LogP contribution < -0.4 is 11.1 Å². The molecule has 118 valence electrons. The predicted octanol–water partition coefficient (Wildman–Crippen LogP) is 2.53. The Kier molecular flexibility index (Phi) is 4.48. The van der Waals surface area contributed by atoms with E-state index in [1.54, 1.807) is 0 Å². The Labute approximate surface area is 131 Å². The van der Waals surface area contributed by atoms with Crippen LogP contribution in [0, 0.1) is 5.92 Å². The average molecular weight is 299 g/mol. The molecule has 0 saturated heterocycles. The number of amides is 1. The van der Waals surface area contributed by atoms with E-state index in [9.17, 15) is 4.79 Å². The zero-order valence-electron chi connectivity index (χ0n) is 13.2. The number of aryl methyl sites for hydroxylation is 1. The minimum atomic E-state index is 0.165. The third-order valence-corrected chi connectivity index (χ3v) is 4.91. The molecule has 1 aliphatic carbocycles. The molecule has 4 nitrogen and oxygen atoms in total. The number of hydrogen-bond donors (Lipinski definition) is 2. The van der Waals surface area contributed by atoms with E-state index >= 15 is 0 Å². The van der Waals surface area contributed by atoms with Crippen LogP contribution in [-0.4, -0.2) is 23.6 Å². The van der Waals surface area contributed by atoms with E-state index in [1.807, 2.05) is 0 Å². The van der Waals surface area contributed by atoms with Gasteiger partial charge in [0, 0.05) is 43.2 Å². The maximum absolute atomic E-state index is 12.0. The van der Waals surface area contributed by atoms with E-state index in [0.29, 0.717) is 19.0 Å². The molecule has 1 heterocycles. The predicted molar refractivity (Wildman–Crippen MR) is 89.7 cm³/mol. The van der Waals surface area contributed by atoms with Gasteiger partial charge in [-0.2, -0.15) is 0 Å². The highest BCUT2D eigenvalue weighted by Crippen LogP contribution is 2.39. The summed E-state index contributed by atoms with van der Waals surface area (Å²) >= 11 is 0. The van der Waals surface area contributed by atoms with Crippen LogP contribution in [-0.2, 0) is 11.8 Å². The van der Waals surface area contributed by atoms with E-state index < -0.39 is 0 Å². The van der Waals surface area contributed by atoms with Crippen molar-refractivity contribution in [1.82, 2.24) is 9.88 Å². The molecule has 0 atom stereocenters. The molecule has 1 aromatic carbocycles. The van der Waals surface area contributed by atoms with Gasteiger partial charge in [0.25, 0.3) is 0 Å². The summed E-state index contributed by atoms with van der Waals surface area (Å²) in [5, 5.41) is 4.28. The van der Waals surface area contributed by atoms with Gasteiger partial charge in [0.15, 0.2) is 0 Å². The van der Waals surface area contributed by atoms with Crippen molar-refractivity contribution >= 4 is 16.8 Å². The fourth-order valence-electron chi connectivity index (χ4n) is 3.70. The Hall–Kier alpha value is -1.81. The van der Waals surface area contributed by atoms with Gasteiger partial charge >= 0.3 is 0 Å². The van der Waals surface area contributed by atoms with E-state index in [-0.39, 0.29) is 11.8 Å². The van der Waals surface area contributed by atoms with Gasteiger partial charge in [-0.15, -0.1) is 0 Å². The smallest absolute Gasteiger partial charge is 0.223 e. The first-order chi connectivity index (χ1) is 10.7. The number of nitrogens with one attached hydrogen (secondary N) is 1. The number of benzene rings is 1. The van der Waals surface area contributed by atoms with Gasteiger partial charge in [-0.1, -0.05) is 18.2 Å². The molecule has 2 aromatic rings. The molecule has 1 aliphatic rings. The van der Waals surface area contributed by atoms with E-state index in [1.165, 1.54) is 16.5 Å². The summed E-state index contributed by atoms with van der Waals surface area (Å²) in [4.78, 5) is 12.0. The molecule has 1 saturated carbocycles. The van der Waals surface area contributed by atoms with Crippen molar-refractivity contribution in [3.05, 3.63) is 36.0 Å². The van der Waals surface area contributed by atoms with Crippen molar-refractivity contribution in [1.29, 1.82) is 0 Å². The Morgan fingerprint density at radius 2 is 2.00 bits per heavy atom.